The summed E-state index contributed by atoms with van der Waals surface area (Å²) >= 11 is 0. The highest BCUT2D eigenvalue weighted by atomic mass is 32.2. The van der Waals surface area contributed by atoms with E-state index in [0.29, 0.717) is 11.4 Å². The first kappa shape index (κ1) is 24.2. The number of benzene rings is 2. The maximum atomic E-state index is 14.3. The third-order valence-corrected chi connectivity index (χ3v) is 8.85. The Morgan fingerprint density at radius 3 is 2.17 bits per heavy atom. The Bertz CT molecular complexity index is 1210. The summed E-state index contributed by atoms with van der Waals surface area (Å²) in [6.07, 6.45) is 11.1. The minimum atomic E-state index is -3.92. The molecular weight excluding hydrogens is 461 g/mol. The second kappa shape index (κ2) is 10.2. The molecule has 1 unspecified atom stereocenters. The summed E-state index contributed by atoms with van der Waals surface area (Å²) in [6, 6.07) is 13.6. The van der Waals surface area contributed by atoms with Crippen LogP contribution in [0.15, 0.2) is 62.8 Å². The average molecular weight is 496 g/mol. The van der Waals surface area contributed by atoms with Crippen molar-refractivity contribution in [2.24, 2.45) is 9.39 Å². The van der Waals surface area contributed by atoms with Crippen LogP contribution in [0.2, 0.25) is 0 Å². The van der Waals surface area contributed by atoms with Crippen molar-refractivity contribution in [1.29, 1.82) is 0 Å². The maximum Gasteiger partial charge on any atom is 0.283 e. The molecule has 5 rings (SSSR count). The minimum absolute atomic E-state index is 0.176. The van der Waals surface area contributed by atoms with Gasteiger partial charge >= 0.3 is 0 Å². The van der Waals surface area contributed by atoms with Crippen LogP contribution in [0.25, 0.3) is 0 Å². The van der Waals surface area contributed by atoms with E-state index in [1.807, 2.05) is 13.0 Å². The van der Waals surface area contributed by atoms with Gasteiger partial charge in [-0.05, 0) is 62.4 Å². The Labute approximate surface area is 208 Å². The van der Waals surface area contributed by atoms with Gasteiger partial charge in [-0.25, -0.2) is 4.39 Å². The number of rotatable bonds is 5. The first-order valence-corrected chi connectivity index (χ1v) is 14.4. The molecule has 0 amide bonds. The van der Waals surface area contributed by atoms with Crippen molar-refractivity contribution in [3.8, 4) is 0 Å². The fraction of sp³-hybridized carbons (Fsp3) is 0.500. The maximum absolute atomic E-state index is 14.3. The summed E-state index contributed by atoms with van der Waals surface area (Å²) in [4.78, 5) is 7.46. The number of halogens is 1. The highest BCUT2D eigenvalue weighted by Crippen LogP contribution is 2.40. The van der Waals surface area contributed by atoms with Gasteiger partial charge in [0, 0.05) is 6.04 Å². The highest BCUT2D eigenvalue weighted by molar-refractivity contribution is 7.90. The van der Waals surface area contributed by atoms with E-state index in [1.165, 1.54) is 25.0 Å². The Kier molecular flexibility index (Phi) is 7.05. The molecular formula is C28H34FN3O2S. The van der Waals surface area contributed by atoms with Crippen LogP contribution in [0.1, 0.15) is 81.3 Å². The zero-order chi connectivity index (χ0) is 24.4. The van der Waals surface area contributed by atoms with Gasteiger partial charge in [0.25, 0.3) is 10.0 Å². The molecule has 1 heterocycles. The summed E-state index contributed by atoms with van der Waals surface area (Å²) in [5.41, 5.74) is 1.70. The molecule has 35 heavy (non-hydrogen) atoms. The van der Waals surface area contributed by atoms with Crippen molar-refractivity contribution in [2.75, 3.05) is 0 Å². The summed E-state index contributed by atoms with van der Waals surface area (Å²) in [5.74, 6) is 0.580. The summed E-state index contributed by atoms with van der Waals surface area (Å²) in [5, 5.41) is 0. The number of likely N-dealkylation sites (tertiary alicyclic amines) is 1. The Balaban J connectivity index is 1.61. The van der Waals surface area contributed by atoms with Crippen LogP contribution >= 0.6 is 0 Å². The quantitative estimate of drug-likeness (QED) is 0.483. The molecule has 2 aliphatic carbocycles. The zero-order valence-corrected chi connectivity index (χ0v) is 21.2. The van der Waals surface area contributed by atoms with Gasteiger partial charge in [-0.15, -0.1) is 4.40 Å². The molecule has 0 N–H and O–H groups in total. The molecule has 0 radical (unpaired) electrons. The number of aliphatic imine (C=N–C) groups is 1. The van der Waals surface area contributed by atoms with Crippen molar-refractivity contribution >= 4 is 21.7 Å². The van der Waals surface area contributed by atoms with E-state index < -0.39 is 15.9 Å². The van der Waals surface area contributed by atoms with Crippen LogP contribution in [0, 0.1) is 12.7 Å². The van der Waals surface area contributed by atoms with Gasteiger partial charge in [-0.3, -0.25) is 4.99 Å². The largest absolute Gasteiger partial charge is 0.313 e. The molecule has 2 saturated carbocycles. The zero-order valence-electron chi connectivity index (χ0n) is 20.4. The molecule has 1 atom stereocenters. The van der Waals surface area contributed by atoms with Crippen LogP contribution in [-0.4, -0.2) is 37.1 Å². The third-order valence-electron chi connectivity index (χ3n) is 7.55. The second-order valence-electron chi connectivity index (χ2n) is 10.2. The Morgan fingerprint density at radius 2 is 1.51 bits per heavy atom. The smallest absolute Gasteiger partial charge is 0.283 e. The number of amidine groups is 2. The molecule has 2 aromatic rings. The molecule has 1 aliphatic heterocycles. The predicted octanol–water partition coefficient (Wildman–Crippen LogP) is 6.38. The number of aryl methyl sites for hydroxylation is 1. The molecule has 0 aromatic heterocycles. The lowest BCUT2D eigenvalue weighted by atomic mass is 9.82. The van der Waals surface area contributed by atoms with Crippen molar-refractivity contribution < 1.29 is 12.8 Å². The van der Waals surface area contributed by atoms with Crippen LogP contribution < -0.4 is 0 Å². The summed E-state index contributed by atoms with van der Waals surface area (Å²) < 4.78 is 45.5. The third kappa shape index (κ3) is 5.20. The van der Waals surface area contributed by atoms with Crippen LogP contribution in [0.4, 0.5) is 4.39 Å². The normalized spacial score (nSPS) is 24.6. The van der Waals surface area contributed by atoms with E-state index in [2.05, 4.69) is 9.30 Å². The first-order valence-electron chi connectivity index (χ1n) is 13.0. The van der Waals surface area contributed by atoms with Crippen molar-refractivity contribution in [1.82, 2.24) is 4.90 Å². The predicted molar refractivity (Wildman–Crippen MR) is 138 cm³/mol. The molecule has 3 fully saturated rings. The van der Waals surface area contributed by atoms with E-state index in [9.17, 15) is 12.8 Å². The standard InChI is InChI=1S/C28H34FN3O2S/c1-20-15-17-25(18-16-20)35(33,34)31-28-26(21-9-8-10-22(29)19-21)27(30-23-11-4-2-5-12-23)32(28)24-13-6-3-7-14-24/h8-10,15-19,23-24,26H,2-7,11-14H2,1H3/b30-27?,31-28-. The van der Waals surface area contributed by atoms with Crippen molar-refractivity contribution in [3.63, 3.8) is 0 Å². The average Bonchev–Trinajstić information content (AvgIpc) is 2.85. The monoisotopic (exact) mass is 495 g/mol. The molecule has 0 spiro atoms. The lowest BCUT2D eigenvalue weighted by Crippen LogP contribution is -2.61. The first-order chi connectivity index (χ1) is 16.9. The van der Waals surface area contributed by atoms with E-state index in [4.69, 9.17) is 4.99 Å². The van der Waals surface area contributed by atoms with Gasteiger partial charge in [0.1, 0.15) is 23.4 Å². The topological polar surface area (TPSA) is 62.1 Å². The fourth-order valence-corrected chi connectivity index (χ4v) is 6.68. The number of sulfonamides is 1. The van der Waals surface area contributed by atoms with Crippen LogP contribution in [0.3, 0.4) is 0 Å². The van der Waals surface area contributed by atoms with Gasteiger partial charge in [-0.1, -0.05) is 68.4 Å². The molecule has 5 nitrogen and oxygen atoms in total. The lowest BCUT2D eigenvalue weighted by molar-refractivity contribution is 0.293. The minimum Gasteiger partial charge on any atom is -0.313 e. The van der Waals surface area contributed by atoms with E-state index in [0.717, 1.165) is 62.8 Å². The van der Waals surface area contributed by atoms with Crippen LogP contribution in [-0.2, 0) is 10.0 Å². The van der Waals surface area contributed by atoms with Crippen molar-refractivity contribution in [3.05, 3.63) is 65.5 Å². The Morgan fingerprint density at radius 1 is 0.857 bits per heavy atom. The van der Waals surface area contributed by atoms with E-state index >= 15 is 0 Å². The highest BCUT2D eigenvalue weighted by Gasteiger charge is 2.48. The van der Waals surface area contributed by atoms with Crippen molar-refractivity contribution in [2.45, 2.75) is 94.0 Å². The lowest BCUT2D eigenvalue weighted by Gasteiger charge is -2.49. The number of hydrogen-bond acceptors (Lipinski definition) is 3. The number of hydrogen-bond donors (Lipinski definition) is 0. The second-order valence-corrected chi connectivity index (χ2v) is 11.8. The van der Waals surface area contributed by atoms with Gasteiger partial charge in [0.2, 0.25) is 0 Å². The number of nitrogens with zero attached hydrogens (tertiary/aromatic N) is 3. The molecule has 1 saturated heterocycles. The van der Waals surface area contributed by atoms with Gasteiger partial charge in [0.05, 0.1) is 10.9 Å². The van der Waals surface area contributed by atoms with E-state index in [1.54, 1.807) is 30.3 Å². The SMILES string of the molecule is Cc1ccc(S(=O)(=O)/N=C2/C(c3cccc(F)c3)C(=NC3CCCCC3)N2C2CCCCC2)cc1. The Hall–Kier alpha value is -2.54. The van der Waals surface area contributed by atoms with Gasteiger partial charge in [0.15, 0.2) is 0 Å². The summed E-state index contributed by atoms with van der Waals surface area (Å²) in [6.45, 7) is 1.92. The molecule has 186 valence electrons. The van der Waals surface area contributed by atoms with E-state index in [-0.39, 0.29) is 22.8 Å². The van der Waals surface area contributed by atoms with Crippen LogP contribution in [0.5, 0.6) is 0 Å². The molecule has 7 heteroatoms. The molecule has 0 bridgehead atoms. The molecule has 3 aliphatic rings. The fourth-order valence-electron chi connectivity index (χ4n) is 5.66. The van der Waals surface area contributed by atoms with Gasteiger partial charge < -0.3 is 4.90 Å². The summed E-state index contributed by atoms with van der Waals surface area (Å²) in [7, 11) is -3.92. The molecule has 2 aromatic carbocycles. The van der Waals surface area contributed by atoms with Gasteiger partial charge in [-0.2, -0.15) is 8.42 Å².